The lowest BCUT2D eigenvalue weighted by Crippen LogP contribution is -2.02. The van der Waals surface area contributed by atoms with Gasteiger partial charge in [0.2, 0.25) is 0 Å². The van der Waals surface area contributed by atoms with Crippen molar-refractivity contribution in [1.82, 2.24) is 0 Å². The number of benzene rings is 3. The van der Waals surface area contributed by atoms with E-state index in [2.05, 4.69) is 59.6 Å². The lowest BCUT2D eigenvalue weighted by atomic mass is 9.86. The minimum atomic E-state index is 0.965. The van der Waals surface area contributed by atoms with Crippen LogP contribution in [0, 0.1) is 0 Å². The highest BCUT2D eigenvalue weighted by molar-refractivity contribution is 6.08. The summed E-state index contributed by atoms with van der Waals surface area (Å²) in [5, 5.41) is 5.64. The van der Waals surface area contributed by atoms with E-state index in [-0.39, 0.29) is 0 Å². The van der Waals surface area contributed by atoms with Crippen LogP contribution in [0.1, 0.15) is 30.4 Å². The Labute approximate surface area is 149 Å². The molecule has 5 rings (SSSR count). The molecule has 0 N–H and O–H groups in total. The number of allylic oxidation sites excluding steroid dienone is 3. The molecular formula is C24H23N. The quantitative estimate of drug-likeness (QED) is 0.424. The van der Waals surface area contributed by atoms with Gasteiger partial charge in [-0.25, -0.2) is 0 Å². The fourth-order valence-corrected chi connectivity index (χ4v) is 3.78. The third kappa shape index (κ3) is 3.41. The summed E-state index contributed by atoms with van der Waals surface area (Å²) in [5.41, 5.74) is 3.17. The number of aliphatic imine (C=N–C) groups is 1. The minimum absolute atomic E-state index is 0.965. The molecule has 0 spiro atoms. The Bertz CT molecular complexity index is 962. The Morgan fingerprint density at radius 3 is 2.60 bits per heavy atom. The van der Waals surface area contributed by atoms with E-state index < -0.39 is 0 Å². The molecule has 1 nitrogen and oxygen atoms in total. The standard InChI is InChI=1S/C18H16.C6H7N/c1-3-7-15-13(5-1)9-11-18-16-8-4-2-6-14(16)10-12-17(15)18;1-2-4-6-7-5-3-1/h1,3,5,7,9-12H,2,4,6,8H2;1-3,5-6H,4H2. The zero-order valence-corrected chi connectivity index (χ0v) is 14.5. The maximum Gasteiger partial charge on any atom is 0.0263 e. The number of fused-ring (bicyclic) bond motifs is 5. The molecule has 0 bridgehead atoms. The molecule has 124 valence electrons. The molecule has 1 aliphatic heterocycles. The molecule has 0 fully saturated rings. The van der Waals surface area contributed by atoms with Crippen molar-refractivity contribution < 1.29 is 0 Å². The monoisotopic (exact) mass is 325 g/mol. The first kappa shape index (κ1) is 15.8. The second-order valence-electron chi connectivity index (χ2n) is 6.63. The van der Waals surface area contributed by atoms with Gasteiger partial charge in [-0.2, -0.15) is 0 Å². The highest BCUT2D eigenvalue weighted by Crippen LogP contribution is 2.33. The molecule has 25 heavy (non-hydrogen) atoms. The molecule has 0 amide bonds. The fraction of sp³-hybridized carbons (Fsp3) is 0.208. The van der Waals surface area contributed by atoms with E-state index in [1.54, 1.807) is 17.3 Å². The third-order valence-electron chi connectivity index (χ3n) is 5.02. The van der Waals surface area contributed by atoms with E-state index in [9.17, 15) is 0 Å². The van der Waals surface area contributed by atoms with E-state index in [1.165, 1.54) is 47.2 Å². The second kappa shape index (κ2) is 7.48. The van der Waals surface area contributed by atoms with Crippen LogP contribution in [0.25, 0.3) is 21.5 Å². The zero-order valence-electron chi connectivity index (χ0n) is 14.5. The van der Waals surface area contributed by atoms with Crippen LogP contribution in [0.2, 0.25) is 0 Å². The van der Waals surface area contributed by atoms with Crippen LogP contribution in [0.3, 0.4) is 0 Å². The number of hydrogen-bond donors (Lipinski definition) is 0. The summed E-state index contributed by atoms with van der Waals surface area (Å²) in [5.74, 6) is 0. The van der Waals surface area contributed by atoms with Crippen molar-refractivity contribution in [2.45, 2.75) is 32.1 Å². The smallest absolute Gasteiger partial charge is 0.0263 e. The summed E-state index contributed by atoms with van der Waals surface area (Å²) in [7, 11) is 0. The van der Waals surface area contributed by atoms with Gasteiger partial charge in [0.15, 0.2) is 0 Å². The maximum absolute atomic E-state index is 3.90. The first-order chi connectivity index (χ1) is 12.4. The molecule has 0 aromatic heterocycles. The summed E-state index contributed by atoms with van der Waals surface area (Å²) in [6.07, 6.45) is 15.8. The Morgan fingerprint density at radius 2 is 1.60 bits per heavy atom. The van der Waals surface area contributed by atoms with Crippen LogP contribution < -0.4 is 0 Å². The number of nitrogens with zero attached hydrogens (tertiary/aromatic N) is 1. The average molecular weight is 325 g/mol. The minimum Gasteiger partial charge on any atom is -0.269 e. The van der Waals surface area contributed by atoms with Crippen LogP contribution in [-0.2, 0) is 12.8 Å². The lowest BCUT2D eigenvalue weighted by Gasteiger charge is -2.18. The Kier molecular flexibility index (Phi) is 4.74. The van der Waals surface area contributed by atoms with Gasteiger partial charge in [-0.3, -0.25) is 4.99 Å². The van der Waals surface area contributed by atoms with Gasteiger partial charge in [0.1, 0.15) is 0 Å². The van der Waals surface area contributed by atoms with E-state index in [1.807, 2.05) is 18.4 Å². The van der Waals surface area contributed by atoms with Gasteiger partial charge in [0, 0.05) is 18.8 Å². The summed E-state index contributed by atoms with van der Waals surface area (Å²) in [6.45, 7) is 0. The molecule has 2 aliphatic rings. The highest BCUT2D eigenvalue weighted by atomic mass is 14.7. The molecule has 3 aromatic rings. The van der Waals surface area contributed by atoms with Gasteiger partial charge in [0.05, 0.1) is 0 Å². The normalized spacial score (nSPS) is 15.5. The van der Waals surface area contributed by atoms with Crippen molar-refractivity contribution in [3.8, 4) is 0 Å². The lowest BCUT2D eigenvalue weighted by molar-refractivity contribution is 0.690. The van der Waals surface area contributed by atoms with Crippen molar-refractivity contribution in [3.63, 3.8) is 0 Å². The molecule has 1 heterocycles. The summed E-state index contributed by atoms with van der Waals surface area (Å²) >= 11 is 0. The van der Waals surface area contributed by atoms with E-state index in [0.29, 0.717) is 0 Å². The van der Waals surface area contributed by atoms with Gasteiger partial charge in [0.25, 0.3) is 0 Å². The average Bonchev–Trinajstić information content (AvgIpc) is 3.01. The molecule has 0 unspecified atom stereocenters. The number of hydrogen-bond acceptors (Lipinski definition) is 1. The van der Waals surface area contributed by atoms with Crippen LogP contribution in [-0.4, -0.2) is 6.21 Å². The molecule has 1 aliphatic carbocycles. The topological polar surface area (TPSA) is 12.4 Å². The molecular weight excluding hydrogens is 302 g/mol. The van der Waals surface area contributed by atoms with Gasteiger partial charge >= 0.3 is 0 Å². The molecule has 0 radical (unpaired) electrons. The van der Waals surface area contributed by atoms with E-state index >= 15 is 0 Å². The summed E-state index contributed by atoms with van der Waals surface area (Å²) in [6, 6.07) is 18.0. The van der Waals surface area contributed by atoms with Crippen molar-refractivity contribution in [2.24, 2.45) is 4.99 Å². The van der Waals surface area contributed by atoms with Crippen LogP contribution >= 0.6 is 0 Å². The Balaban J connectivity index is 0.000000190. The van der Waals surface area contributed by atoms with Crippen LogP contribution in [0.5, 0.6) is 0 Å². The SMILES string of the molecule is C1=CCC=NC=C1.c1ccc2c(c1)ccc1c3c(ccc12)CCCC3. The maximum atomic E-state index is 3.90. The van der Waals surface area contributed by atoms with Crippen molar-refractivity contribution >= 4 is 27.8 Å². The molecule has 3 aromatic carbocycles. The molecule has 0 atom stereocenters. The largest absolute Gasteiger partial charge is 0.269 e. The predicted octanol–water partition coefficient (Wildman–Crippen LogP) is 6.40. The number of rotatable bonds is 0. The van der Waals surface area contributed by atoms with Crippen molar-refractivity contribution in [2.75, 3.05) is 0 Å². The molecule has 0 saturated carbocycles. The van der Waals surface area contributed by atoms with Gasteiger partial charge in [-0.15, -0.1) is 0 Å². The highest BCUT2D eigenvalue weighted by Gasteiger charge is 2.13. The zero-order chi connectivity index (χ0) is 16.9. The first-order valence-corrected chi connectivity index (χ1v) is 9.19. The summed E-state index contributed by atoms with van der Waals surface area (Å²) in [4.78, 5) is 3.90. The predicted molar refractivity (Wildman–Crippen MR) is 109 cm³/mol. The fourth-order valence-electron chi connectivity index (χ4n) is 3.78. The van der Waals surface area contributed by atoms with Crippen LogP contribution in [0.4, 0.5) is 0 Å². The van der Waals surface area contributed by atoms with Crippen molar-refractivity contribution in [1.29, 1.82) is 0 Å². The molecule has 0 saturated heterocycles. The van der Waals surface area contributed by atoms with Gasteiger partial charge in [-0.05, 0) is 64.4 Å². The number of aryl methyl sites for hydroxylation is 2. The summed E-state index contributed by atoms with van der Waals surface area (Å²) < 4.78 is 0. The van der Waals surface area contributed by atoms with Gasteiger partial charge < -0.3 is 0 Å². The Hall–Kier alpha value is -2.67. The van der Waals surface area contributed by atoms with E-state index in [0.717, 1.165) is 6.42 Å². The first-order valence-electron chi connectivity index (χ1n) is 9.19. The third-order valence-corrected chi connectivity index (χ3v) is 5.02. The van der Waals surface area contributed by atoms with Crippen molar-refractivity contribution in [3.05, 3.63) is 84.1 Å². The van der Waals surface area contributed by atoms with Crippen LogP contribution in [0.15, 0.2) is 78.0 Å². The van der Waals surface area contributed by atoms with E-state index in [4.69, 9.17) is 0 Å². The second-order valence-corrected chi connectivity index (χ2v) is 6.63. The Morgan fingerprint density at radius 1 is 0.720 bits per heavy atom. The molecule has 1 heteroatoms. The van der Waals surface area contributed by atoms with Gasteiger partial charge in [-0.1, -0.05) is 60.7 Å².